The Morgan fingerprint density at radius 1 is 1.19 bits per heavy atom. The SMILES string of the molecule is CC(C)c1ccc(CC2CCC(Br)C2)cc1. The topological polar surface area (TPSA) is 0 Å². The molecular formula is C15H21Br. The molecule has 2 rings (SSSR count). The van der Waals surface area contributed by atoms with Gasteiger partial charge in [0.05, 0.1) is 0 Å². The van der Waals surface area contributed by atoms with Crippen molar-refractivity contribution in [3.63, 3.8) is 0 Å². The molecule has 1 aromatic carbocycles. The third kappa shape index (κ3) is 3.10. The fraction of sp³-hybridized carbons (Fsp3) is 0.600. The van der Waals surface area contributed by atoms with Crippen LogP contribution >= 0.6 is 15.9 Å². The summed E-state index contributed by atoms with van der Waals surface area (Å²) in [6, 6.07) is 9.22. The highest BCUT2D eigenvalue weighted by Crippen LogP contribution is 2.33. The minimum absolute atomic E-state index is 0.646. The van der Waals surface area contributed by atoms with E-state index in [0.717, 1.165) is 10.7 Å². The maximum absolute atomic E-state index is 3.72. The second kappa shape index (κ2) is 5.35. The number of hydrogen-bond donors (Lipinski definition) is 0. The summed E-state index contributed by atoms with van der Waals surface area (Å²) in [5.74, 6) is 1.54. The summed E-state index contributed by atoms with van der Waals surface area (Å²) in [5.41, 5.74) is 2.96. The molecule has 0 bridgehead atoms. The van der Waals surface area contributed by atoms with Crippen molar-refractivity contribution in [1.82, 2.24) is 0 Å². The van der Waals surface area contributed by atoms with Crippen molar-refractivity contribution in [1.29, 1.82) is 0 Å². The molecule has 2 unspecified atom stereocenters. The lowest BCUT2D eigenvalue weighted by atomic mass is 9.95. The lowest BCUT2D eigenvalue weighted by Gasteiger charge is -2.11. The molecule has 1 saturated carbocycles. The molecule has 0 aromatic heterocycles. The van der Waals surface area contributed by atoms with Crippen molar-refractivity contribution in [2.75, 3.05) is 0 Å². The zero-order valence-electron chi connectivity index (χ0n) is 10.2. The highest BCUT2D eigenvalue weighted by molar-refractivity contribution is 9.09. The molecule has 2 atom stereocenters. The molecule has 1 fully saturated rings. The zero-order chi connectivity index (χ0) is 11.5. The molecule has 0 amide bonds. The Hall–Kier alpha value is -0.300. The molecule has 88 valence electrons. The van der Waals surface area contributed by atoms with E-state index in [1.807, 2.05) is 0 Å². The summed E-state index contributed by atoms with van der Waals surface area (Å²) < 4.78 is 0. The summed E-state index contributed by atoms with van der Waals surface area (Å²) in [5, 5.41) is 0. The van der Waals surface area contributed by atoms with Gasteiger partial charge < -0.3 is 0 Å². The van der Waals surface area contributed by atoms with Crippen molar-refractivity contribution < 1.29 is 0 Å². The first-order valence-corrected chi connectivity index (χ1v) is 7.29. The van der Waals surface area contributed by atoms with Gasteiger partial charge in [-0.15, -0.1) is 0 Å². The molecule has 16 heavy (non-hydrogen) atoms. The average molecular weight is 281 g/mol. The van der Waals surface area contributed by atoms with Crippen LogP contribution < -0.4 is 0 Å². The lowest BCUT2D eigenvalue weighted by Crippen LogP contribution is -2.00. The standard InChI is InChI=1S/C15H21Br/c1-11(2)14-6-3-12(4-7-14)9-13-5-8-15(16)10-13/h3-4,6-7,11,13,15H,5,8-10H2,1-2H3. The van der Waals surface area contributed by atoms with Crippen LogP contribution in [0.1, 0.15) is 50.2 Å². The van der Waals surface area contributed by atoms with Crippen LogP contribution in [0.2, 0.25) is 0 Å². The van der Waals surface area contributed by atoms with Crippen LogP contribution in [0.5, 0.6) is 0 Å². The molecule has 0 spiro atoms. The Labute approximate surface area is 108 Å². The molecule has 0 saturated heterocycles. The van der Waals surface area contributed by atoms with Gasteiger partial charge >= 0.3 is 0 Å². The van der Waals surface area contributed by atoms with E-state index in [9.17, 15) is 0 Å². The van der Waals surface area contributed by atoms with E-state index in [4.69, 9.17) is 0 Å². The van der Waals surface area contributed by atoms with Crippen molar-refractivity contribution in [3.05, 3.63) is 35.4 Å². The van der Waals surface area contributed by atoms with Crippen LogP contribution in [0.25, 0.3) is 0 Å². The van der Waals surface area contributed by atoms with Gasteiger partial charge in [0.25, 0.3) is 0 Å². The zero-order valence-corrected chi connectivity index (χ0v) is 11.8. The van der Waals surface area contributed by atoms with Crippen LogP contribution in [-0.2, 0) is 6.42 Å². The van der Waals surface area contributed by atoms with Crippen molar-refractivity contribution in [2.45, 2.75) is 50.3 Å². The summed E-state index contributed by atoms with van der Waals surface area (Å²) >= 11 is 3.72. The fourth-order valence-electron chi connectivity index (χ4n) is 2.57. The number of rotatable bonds is 3. The first-order valence-electron chi connectivity index (χ1n) is 6.38. The number of benzene rings is 1. The smallest absolute Gasteiger partial charge is 0.0148 e. The highest BCUT2D eigenvalue weighted by Gasteiger charge is 2.22. The fourth-order valence-corrected chi connectivity index (χ4v) is 3.36. The summed E-state index contributed by atoms with van der Waals surface area (Å²) in [6.45, 7) is 4.50. The Balaban J connectivity index is 1.95. The van der Waals surface area contributed by atoms with Crippen molar-refractivity contribution in [2.24, 2.45) is 5.92 Å². The number of hydrogen-bond acceptors (Lipinski definition) is 0. The monoisotopic (exact) mass is 280 g/mol. The van der Waals surface area contributed by atoms with Gasteiger partial charge in [-0.25, -0.2) is 0 Å². The van der Waals surface area contributed by atoms with E-state index >= 15 is 0 Å². The largest absolute Gasteiger partial charge is 0.0891 e. The molecule has 0 radical (unpaired) electrons. The van der Waals surface area contributed by atoms with Crippen molar-refractivity contribution >= 4 is 15.9 Å². The molecule has 1 aromatic rings. The van der Waals surface area contributed by atoms with E-state index in [-0.39, 0.29) is 0 Å². The van der Waals surface area contributed by atoms with E-state index in [0.29, 0.717) is 5.92 Å². The third-order valence-electron chi connectivity index (χ3n) is 3.65. The molecule has 0 nitrogen and oxygen atoms in total. The summed E-state index contributed by atoms with van der Waals surface area (Å²) in [7, 11) is 0. The minimum Gasteiger partial charge on any atom is -0.0891 e. The second-order valence-electron chi connectivity index (χ2n) is 5.38. The third-order valence-corrected chi connectivity index (χ3v) is 4.48. The molecule has 1 aliphatic carbocycles. The van der Waals surface area contributed by atoms with Crippen LogP contribution in [0.4, 0.5) is 0 Å². The maximum atomic E-state index is 3.72. The highest BCUT2D eigenvalue weighted by atomic mass is 79.9. The quantitative estimate of drug-likeness (QED) is 0.690. The van der Waals surface area contributed by atoms with Gasteiger partial charge in [-0.1, -0.05) is 54.0 Å². The molecule has 0 N–H and O–H groups in total. The molecule has 0 aliphatic heterocycles. The Morgan fingerprint density at radius 2 is 1.88 bits per heavy atom. The van der Waals surface area contributed by atoms with Gasteiger partial charge in [0.2, 0.25) is 0 Å². The van der Waals surface area contributed by atoms with Gasteiger partial charge in [-0.05, 0) is 48.6 Å². The average Bonchev–Trinajstić information content (AvgIpc) is 2.65. The summed E-state index contributed by atoms with van der Waals surface area (Å²) in [4.78, 5) is 0.771. The first-order chi connectivity index (χ1) is 7.65. The van der Waals surface area contributed by atoms with Gasteiger partial charge in [0.15, 0.2) is 0 Å². The normalized spacial score (nSPS) is 25.2. The Morgan fingerprint density at radius 3 is 2.38 bits per heavy atom. The Bertz CT molecular complexity index is 326. The minimum atomic E-state index is 0.646. The van der Waals surface area contributed by atoms with Crippen LogP contribution in [0.3, 0.4) is 0 Å². The molecular weight excluding hydrogens is 260 g/mol. The van der Waals surface area contributed by atoms with Crippen LogP contribution in [0, 0.1) is 5.92 Å². The first kappa shape index (κ1) is 12.2. The predicted octanol–water partition coefficient (Wildman–Crippen LogP) is 4.92. The maximum Gasteiger partial charge on any atom is 0.0148 e. The molecule has 1 heteroatoms. The summed E-state index contributed by atoms with van der Waals surface area (Å²) in [6.07, 6.45) is 5.36. The van der Waals surface area contributed by atoms with Gasteiger partial charge in [0, 0.05) is 4.83 Å². The van der Waals surface area contributed by atoms with Crippen LogP contribution in [0.15, 0.2) is 24.3 Å². The van der Waals surface area contributed by atoms with Gasteiger partial charge in [-0.2, -0.15) is 0 Å². The van der Waals surface area contributed by atoms with E-state index < -0.39 is 0 Å². The van der Waals surface area contributed by atoms with E-state index in [1.54, 1.807) is 0 Å². The van der Waals surface area contributed by atoms with E-state index in [1.165, 1.54) is 36.8 Å². The lowest BCUT2D eigenvalue weighted by molar-refractivity contribution is 0.548. The number of halogens is 1. The van der Waals surface area contributed by atoms with E-state index in [2.05, 4.69) is 54.0 Å². The predicted molar refractivity (Wildman–Crippen MR) is 74.3 cm³/mol. The van der Waals surface area contributed by atoms with Gasteiger partial charge in [-0.3, -0.25) is 0 Å². The Kier molecular flexibility index (Phi) is 4.07. The number of alkyl halides is 1. The molecule has 1 aliphatic rings. The van der Waals surface area contributed by atoms with Gasteiger partial charge in [0.1, 0.15) is 0 Å². The second-order valence-corrected chi connectivity index (χ2v) is 6.67. The van der Waals surface area contributed by atoms with Crippen molar-refractivity contribution in [3.8, 4) is 0 Å². The van der Waals surface area contributed by atoms with Crippen LogP contribution in [-0.4, -0.2) is 4.83 Å². The molecule has 0 heterocycles.